The highest BCUT2D eigenvalue weighted by Gasteiger charge is 2.59. The van der Waals surface area contributed by atoms with E-state index in [1.807, 2.05) is 60.7 Å². The molecule has 48 heavy (non-hydrogen) atoms. The Hall–Kier alpha value is -1.24. The lowest BCUT2D eigenvalue weighted by Crippen LogP contribution is -3.00. The van der Waals surface area contributed by atoms with Crippen molar-refractivity contribution in [3.63, 3.8) is 0 Å². The number of quaternary nitrogens is 2. The number of likely N-dealkylation sites (tertiary alicyclic amines) is 2. The predicted molar refractivity (Wildman–Crippen MR) is 184 cm³/mol. The first kappa shape index (κ1) is 41.2. The van der Waals surface area contributed by atoms with Crippen LogP contribution in [0.5, 0.6) is 0 Å². The minimum atomic E-state index is -0.408. The molecule has 1 aliphatic carbocycles. The van der Waals surface area contributed by atoms with E-state index >= 15 is 0 Å². The van der Waals surface area contributed by atoms with Crippen molar-refractivity contribution in [2.75, 3.05) is 66.6 Å². The fourth-order valence-electron chi connectivity index (χ4n) is 8.60. The monoisotopic (exact) mass is 886 g/mol. The topological polar surface area (TPSA) is 52.6 Å². The molecule has 0 N–H and O–H groups in total. The van der Waals surface area contributed by atoms with Crippen molar-refractivity contribution < 1.29 is 76.0 Å². The molecule has 0 atom stereocenters. The normalized spacial score (nSPS) is 24.2. The molecule has 2 aromatic rings. The Morgan fingerprint density at radius 3 is 1.25 bits per heavy atom. The number of unbranched alkanes of at least 4 members (excludes halogenated alkanes) is 4. The summed E-state index contributed by atoms with van der Waals surface area (Å²) in [4.78, 5) is 27.6. The minimum absolute atomic E-state index is 0. The summed E-state index contributed by atoms with van der Waals surface area (Å²) in [5.41, 5.74) is 2.02. The Bertz CT molecular complexity index is 1110. The first-order valence-corrected chi connectivity index (χ1v) is 18.5. The molecule has 0 radical (unpaired) electrons. The van der Waals surface area contributed by atoms with Gasteiger partial charge in [0.1, 0.15) is 0 Å². The molecule has 2 saturated heterocycles. The summed E-state index contributed by atoms with van der Waals surface area (Å²) in [5, 5.41) is 0. The molecular formula is C40H60I2N2O4. The van der Waals surface area contributed by atoms with Crippen molar-refractivity contribution in [3.05, 3.63) is 71.8 Å². The van der Waals surface area contributed by atoms with Gasteiger partial charge in [0.15, 0.2) is 0 Å². The van der Waals surface area contributed by atoms with Crippen LogP contribution in [0, 0.1) is 11.8 Å². The third-order valence-electron chi connectivity index (χ3n) is 11.4. The average Bonchev–Trinajstić information content (AvgIpc) is 3.05. The molecule has 6 nitrogen and oxygen atoms in total. The molecule has 0 amide bonds. The second-order valence-electron chi connectivity index (χ2n) is 15.1. The summed E-state index contributed by atoms with van der Waals surface area (Å²) in [7, 11) is 4.78. The van der Waals surface area contributed by atoms with Gasteiger partial charge in [-0.2, -0.15) is 0 Å². The quantitative estimate of drug-likeness (QED) is 0.111. The van der Waals surface area contributed by atoms with Gasteiger partial charge in [0.25, 0.3) is 0 Å². The van der Waals surface area contributed by atoms with Crippen molar-refractivity contribution in [1.29, 1.82) is 0 Å². The Morgan fingerprint density at radius 2 is 0.896 bits per heavy atom. The lowest BCUT2D eigenvalue weighted by molar-refractivity contribution is -0.914. The highest BCUT2D eigenvalue weighted by molar-refractivity contribution is 5.85. The number of benzene rings is 2. The van der Waals surface area contributed by atoms with Gasteiger partial charge in [0.05, 0.1) is 78.4 Å². The standard InChI is InChI=1S/C40H60N2O4.2HI/c1-41(25-13-5-14-26-41)29-17-7-19-31-45-39(43)37-35(33-21-9-3-10-22-33)38(36(37)34-23-11-4-12-24-34)40(44)46-32-20-8-18-30-42(2)27-15-6-16-28-42;;/h3-4,9-12,21-24,35-38H,5-8,13-20,25-32H2,1-2H3;2*1H/q+2;;/p-2. The van der Waals surface area contributed by atoms with Crippen LogP contribution in [0.3, 0.4) is 0 Å². The first-order valence-electron chi connectivity index (χ1n) is 18.5. The zero-order valence-corrected chi connectivity index (χ0v) is 33.8. The summed E-state index contributed by atoms with van der Waals surface area (Å²) in [6.45, 7) is 8.48. The van der Waals surface area contributed by atoms with Crippen molar-refractivity contribution in [2.45, 2.75) is 88.9 Å². The number of hydrogen-bond donors (Lipinski definition) is 0. The maximum Gasteiger partial charge on any atom is 0.310 e. The summed E-state index contributed by atoms with van der Waals surface area (Å²) in [5.74, 6) is -1.69. The largest absolute Gasteiger partial charge is 1.00 e. The Morgan fingerprint density at radius 1 is 0.542 bits per heavy atom. The number of halogens is 2. The van der Waals surface area contributed by atoms with E-state index in [1.165, 1.54) is 99.6 Å². The van der Waals surface area contributed by atoms with E-state index in [2.05, 4.69) is 14.1 Å². The van der Waals surface area contributed by atoms with Crippen LogP contribution in [0.25, 0.3) is 0 Å². The lowest BCUT2D eigenvalue weighted by Gasteiger charge is -2.49. The number of carbonyl (C=O) groups excluding carboxylic acids is 2. The summed E-state index contributed by atoms with van der Waals surface area (Å²) < 4.78 is 14.3. The lowest BCUT2D eigenvalue weighted by atomic mass is 9.52. The SMILES string of the molecule is C[N+]1(CCCCCOC(=O)C2C(c3ccccc3)C(C(=O)OCCCCC[N+]3(C)CCCCC3)C2c2ccccc2)CCCCC1.[I-].[I-]. The van der Waals surface area contributed by atoms with Gasteiger partial charge in [-0.3, -0.25) is 9.59 Å². The van der Waals surface area contributed by atoms with E-state index in [0.717, 1.165) is 36.8 Å². The van der Waals surface area contributed by atoms with Crippen LogP contribution in [-0.4, -0.2) is 87.5 Å². The van der Waals surface area contributed by atoms with Crippen LogP contribution in [0.4, 0.5) is 0 Å². The number of ether oxygens (including phenoxy) is 2. The molecule has 1 saturated carbocycles. The van der Waals surface area contributed by atoms with Crippen LogP contribution >= 0.6 is 0 Å². The number of piperidine rings is 2. The number of rotatable bonds is 16. The third kappa shape index (κ3) is 11.4. The zero-order valence-electron chi connectivity index (χ0n) is 29.5. The third-order valence-corrected chi connectivity index (χ3v) is 11.4. The molecule has 2 aliphatic heterocycles. The minimum Gasteiger partial charge on any atom is -1.00 e. The van der Waals surface area contributed by atoms with E-state index < -0.39 is 11.8 Å². The van der Waals surface area contributed by atoms with Gasteiger partial charge in [-0.05, 0) is 88.2 Å². The van der Waals surface area contributed by atoms with Crippen molar-refractivity contribution in [3.8, 4) is 0 Å². The molecule has 268 valence electrons. The van der Waals surface area contributed by atoms with Crippen LogP contribution < -0.4 is 48.0 Å². The van der Waals surface area contributed by atoms with Gasteiger partial charge < -0.3 is 66.4 Å². The summed E-state index contributed by atoms with van der Waals surface area (Å²) >= 11 is 0. The van der Waals surface area contributed by atoms with E-state index in [9.17, 15) is 9.59 Å². The molecular weight excluding hydrogens is 826 g/mol. The highest BCUT2D eigenvalue weighted by atomic mass is 127. The molecule has 3 aliphatic rings. The van der Waals surface area contributed by atoms with E-state index in [4.69, 9.17) is 9.47 Å². The molecule has 0 bridgehead atoms. The smallest absolute Gasteiger partial charge is 0.310 e. The Balaban J connectivity index is 0.00000312. The van der Waals surface area contributed by atoms with Gasteiger partial charge in [-0.25, -0.2) is 0 Å². The van der Waals surface area contributed by atoms with Crippen LogP contribution in [-0.2, 0) is 19.1 Å². The van der Waals surface area contributed by atoms with E-state index in [0.29, 0.717) is 13.2 Å². The second kappa shape index (κ2) is 20.6. The van der Waals surface area contributed by atoms with Crippen molar-refractivity contribution in [2.24, 2.45) is 11.8 Å². The maximum absolute atomic E-state index is 13.8. The van der Waals surface area contributed by atoms with Crippen LogP contribution in [0.1, 0.15) is 100 Å². The van der Waals surface area contributed by atoms with Crippen LogP contribution in [0.2, 0.25) is 0 Å². The molecule has 8 heteroatoms. The van der Waals surface area contributed by atoms with Gasteiger partial charge in [-0.15, -0.1) is 0 Å². The zero-order chi connectivity index (χ0) is 32.2. The average molecular weight is 887 g/mol. The van der Waals surface area contributed by atoms with Gasteiger partial charge >= 0.3 is 11.9 Å². The number of esters is 2. The molecule has 5 rings (SSSR count). The molecule has 0 unspecified atom stereocenters. The molecule has 2 heterocycles. The second-order valence-corrected chi connectivity index (χ2v) is 15.1. The summed E-state index contributed by atoms with van der Waals surface area (Å²) in [6.07, 6.45) is 14.4. The van der Waals surface area contributed by atoms with Gasteiger partial charge in [0, 0.05) is 11.8 Å². The predicted octanol–water partition coefficient (Wildman–Crippen LogP) is 1.50. The fourth-order valence-corrected chi connectivity index (χ4v) is 8.60. The first-order chi connectivity index (χ1) is 22.4. The van der Waals surface area contributed by atoms with Crippen LogP contribution in [0.15, 0.2) is 60.7 Å². The summed E-state index contributed by atoms with van der Waals surface area (Å²) in [6, 6.07) is 20.1. The number of hydrogen-bond acceptors (Lipinski definition) is 4. The highest BCUT2D eigenvalue weighted by Crippen LogP contribution is 2.58. The molecule has 0 spiro atoms. The number of carbonyl (C=O) groups is 2. The van der Waals surface area contributed by atoms with Gasteiger partial charge in [-0.1, -0.05) is 60.7 Å². The van der Waals surface area contributed by atoms with E-state index in [-0.39, 0.29) is 71.7 Å². The Labute approximate surface area is 324 Å². The van der Waals surface area contributed by atoms with Crippen molar-refractivity contribution >= 4 is 11.9 Å². The van der Waals surface area contributed by atoms with Crippen molar-refractivity contribution in [1.82, 2.24) is 0 Å². The molecule has 2 aromatic carbocycles. The van der Waals surface area contributed by atoms with Gasteiger partial charge in [0.2, 0.25) is 0 Å². The molecule has 0 aromatic heterocycles. The maximum atomic E-state index is 13.8. The van der Waals surface area contributed by atoms with E-state index in [1.54, 1.807) is 0 Å². The Kier molecular flexibility index (Phi) is 17.6. The fraction of sp³-hybridized carbons (Fsp3) is 0.650. The molecule has 3 fully saturated rings. The number of nitrogens with zero attached hydrogens (tertiary/aromatic N) is 2.